The minimum atomic E-state index is -0.369. The lowest BCUT2D eigenvalue weighted by Crippen LogP contribution is -2.36. The lowest BCUT2D eigenvalue weighted by molar-refractivity contribution is 0.122. The van der Waals surface area contributed by atoms with Crippen LogP contribution in [0.1, 0.15) is 18.1 Å². The Kier molecular flexibility index (Phi) is 7.92. The van der Waals surface area contributed by atoms with Crippen molar-refractivity contribution in [3.63, 3.8) is 0 Å². The quantitative estimate of drug-likeness (QED) is 0.421. The van der Waals surface area contributed by atoms with Crippen LogP contribution in [0, 0.1) is 5.82 Å². The molecule has 1 heterocycles. The van der Waals surface area contributed by atoms with Crippen LogP contribution in [0.5, 0.6) is 11.5 Å². The summed E-state index contributed by atoms with van der Waals surface area (Å²) in [4.78, 5) is 2.33. The van der Waals surface area contributed by atoms with E-state index in [1.54, 1.807) is 6.07 Å². The Bertz CT molecular complexity index is 1060. The number of ether oxygens (including phenoxy) is 3. The summed E-state index contributed by atoms with van der Waals surface area (Å²) >= 11 is 6.11. The Morgan fingerprint density at radius 3 is 2.48 bits per heavy atom. The number of morpholine rings is 1. The molecule has 7 heteroatoms. The number of nitrogens with zero attached hydrogens (tertiary/aromatic N) is 1. The molecule has 5 nitrogen and oxygen atoms in total. The molecule has 0 aliphatic carbocycles. The van der Waals surface area contributed by atoms with Crippen LogP contribution in [0.3, 0.4) is 0 Å². The SMILES string of the molecule is CCOc1cc(CNc2ccc(N3CCOCC3)cc2)ccc1OCc1ccc(F)cc1Cl. The van der Waals surface area contributed by atoms with E-state index in [9.17, 15) is 4.39 Å². The van der Waals surface area contributed by atoms with E-state index in [2.05, 4.69) is 34.5 Å². The van der Waals surface area contributed by atoms with Crippen molar-refractivity contribution in [2.75, 3.05) is 43.1 Å². The fraction of sp³-hybridized carbons (Fsp3) is 0.308. The summed E-state index contributed by atoms with van der Waals surface area (Å²) in [5, 5.41) is 3.80. The minimum absolute atomic E-state index is 0.228. The number of hydrogen-bond donors (Lipinski definition) is 1. The predicted octanol–water partition coefficient (Wildman–Crippen LogP) is 5.91. The van der Waals surface area contributed by atoms with Crippen LogP contribution in [0.4, 0.5) is 15.8 Å². The third kappa shape index (κ3) is 6.30. The van der Waals surface area contributed by atoms with Gasteiger partial charge in [0.2, 0.25) is 0 Å². The van der Waals surface area contributed by atoms with Crippen LogP contribution in [-0.2, 0) is 17.9 Å². The van der Waals surface area contributed by atoms with Crippen LogP contribution >= 0.6 is 11.6 Å². The lowest BCUT2D eigenvalue weighted by Gasteiger charge is -2.29. The molecule has 1 N–H and O–H groups in total. The maximum atomic E-state index is 13.3. The van der Waals surface area contributed by atoms with Gasteiger partial charge in [0.1, 0.15) is 12.4 Å². The van der Waals surface area contributed by atoms with Gasteiger partial charge in [-0.05, 0) is 61.0 Å². The summed E-state index contributed by atoms with van der Waals surface area (Å²) in [6.45, 7) is 6.74. The van der Waals surface area contributed by atoms with Gasteiger partial charge in [-0.15, -0.1) is 0 Å². The molecule has 1 saturated heterocycles. The Labute approximate surface area is 199 Å². The monoisotopic (exact) mass is 470 g/mol. The normalized spacial score (nSPS) is 13.6. The second-order valence-corrected chi connectivity index (χ2v) is 8.15. The highest BCUT2D eigenvalue weighted by atomic mass is 35.5. The number of nitrogens with one attached hydrogen (secondary N) is 1. The molecule has 0 amide bonds. The summed E-state index contributed by atoms with van der Waals surface area (Å²) in [7, 11) is 0. The van der Waals surface area contributed by atoms with Gasteiger partial charge in [-0.1, -0.05) is 23.7 Å². The molecular formula is C26H28ClFN2O3. The molecule has 3 aromatic carbocycles. The molecule has 3 aromatic rings. The molecule has 33 heavy (non-hydrogen) atoms. The van der Waals surface area contributed by atoms with Crippen LogP contribution in [0.25, 0.3) is 0 Å². The van der Waals surface area contributed by atoms with Crippen LogP contribution in [-0.4, -0.2) is 32.9 Å². The second-order valence-electron chi connectivity index (χ2n) is 7.74. The third-order valence-corrected chi connectivity index (χ3v) is 5.80. The van der Waals surface area contributed by atoms with Gasteiger partial charge in [-0.25, -0.2) is 4.39 Å². The molecule has 0 radical (unpaired) electrons. The number of rotatable bonds is 9. The predicted molar refractivity (Wildman–Crippen MR) is 130 cm³/mol. The molecule has 0 unspecified atom stereocenters. The zero-order valence-electron chi connectivity index (χ0n) is 18.7. The van der Waals surface area contributed by atoms with E-state index in [-0.39, 0.29) is 12.4 Å². The van der Waals surface area contributed by atoms with Gasteiger partial charge in [0, 0.05) is 36.6 Å². The summed E-state index contributed by atoms with van der Waals surface area (Å²) in [6, 6.07) is 18.6. The van der Waals surface area contributed by atoms with E-state index in [1.165, 1.54) is 17.8 Å². The molecule has 1 aliphatic rings. The molecule has 0 saturated carbocycles. The van der Waals surface area contributed by atoms with E-state index in [0.29, 0.717) is 35.2 Å². The zero-order valence-corrected chi connectivity index (χ0v) is 19.4. The van der Waals surface area contributed by atoms with Crippen molar-refractivity contribution in [2.45, 2.75) is 20.1 Å². The van der Waals surface area contributed by atoms with Crippen LogP contribution in [0.15, 0.2) is 60.7 Å². The second kappa shape index (κ2) is 11.3. The summed E-state index contributed by atoms with van der Waals surface area (Å²) in [6.07, 6.45) is 0. The van der Waals surface area contributed by atoms with Crippen molar-refractivity contribution < 1.29 is 18.6 Å². The first kappa shape index (κ1) is 23.2. The van der Waals surface area contributed by atoms with E-state index < -0.39 is 0 Å². The average Bonchev–Trinajstić information content (AvgIpc) is 2.84. The maximum absolute atomic E-state index is 13.3. The van der Waals surface area contributed by atoms with Gasteiger partial charge in [0.05, 0.1) is 24.8 Å². The van der Waals surface area contributed by atoms with Crippen LogP contribution in [0.2, 0.25) is 5.02 Å². The standard InChI is InChI=1S/C26H28ClFN2O3/c1-2-32-26-15-19(3-10-25(26)33-18-20-4-5-21(28)16-24(20)27)17-29-22-6-8-23(9-7-22)30-11-13-31-14-12-30/h3-10,15-16,29H,2,11-14,17-18H2,1H3. The van der Waals surface area contributed by atoms with Gasteiger partial charge < -0.3 is 24.4 Å². The first-order chi connectivity index (χ1) is 16.1. The fourth-order valence-electron chi connectivity index (χ4n) is 3.66. The third-order valence-electron chi connectivity index (χ3n) is 5.45. The highest BCUT2D eigenvalue weighted by Gasteiger charge is 2.11. The van der Waals surface area contributed by atoms with Gasteiger partial charge in [-0.2, -0.15) is 0 Å². The number of anilines is 2. The maximum Gasteiger partial charge on any atom is 0.161 e. The highest BCUT2D eigenvalue weighted by Crippen LogP contribution is 2.30. The van der Waals surface area contributed by atoms with Crippen LogP contribution < -0.4 is 19.7 Å². The zero-order chi connectivity index (χ0) is 23.0. The Morgan fingerprint density at radius 2 is 1.76 bits per heavy atom. The van der Waals surface area contributed by atoms with Crippen molar-refractivity contribution in [3.05, 3.63) is 82.6 Å². The molecule has 174 valence electrons. The molecular weight excluding hydrogens is 443 g/mol. The molecule has 4 rings (SSSR count). The van der Waals surface area contributed by atoms with Crippen molar-refractivity contribution in [2.24, 2.45) is 0 Å². The van der Waals surface area contributed by atoms with Crippen molar-refractivity contribution in [1.82, 2.24) is 0 Å². The summed E-state index contributed by atoms with van der Waals surface area (Å²) in [5.74, 6) is 0.917. The molecule has 1 aliphatic heterocycles. The van der Waals surface area contributed by atoms with E-state index in [0.717, 1.165) is 37.6 Å². The smallest absolute Gasteiger partial charge is 0.161 e. The summed E-state index contributed by atoms with van der Waals surface area (Å²) < 4.78 is 30.4. The summed E-state index contributed by atoms with van der Waals surface area (Å²) in [5.41, 5.74) is 4.05. The molecule has 0 aromatic heterocycles. The van der Waals surface area contributed by atoms with Gasteiger partial charge >= 0.3 is 0 Å². The number of hydrogen-bond acceptors (Lipinski definition) is 5. The molecule has 0 spiro atoms. The average molecular weight is 471 g/mol. The van der Waals surface area contributed by atoms with Crippen molar-refractivity contribution >= 4 is 23.0 Å². The number of benzene rings is 3. The Morgan fingerprint density at radius 1 is 0.970 bits per heavy atom. The molecule has 0 atom stereocenters. The highest BCUT2D eigenvalue weighted by molar-refractivity contribution is 6.31. The minimum Gasteiger partial charge on any atom is -0.490 e. The van der Waals surface area contributed by atoms with E-state index in [4.69, 9.17) is 25.8 Å². The first-order valence-corrected chi connectivity index (χ1v) is 11.5. The van der Waals surface area contributed by atoms with E-state index in [1.807, 2.05) is 25.1 Å². The number of halogens is 2. The largest absolute Gasteiger partial charge is 0.490 e. The fourth-order valence-corrected chi connectivity index (χ4v) is 3.88. The van der Waals surface area contributed by atoms with Gasteiger partial charge in [0.15, 0.2) is 11.5 Å². The topological polar surface area (TPSA) is 43.0 Å². The van der Waals surface area contributed by atoms with Crippen molar-refractivity contribution in [3.8, 4) is 11.5 Å². The Hall–Kier alpha value is -2.96. The Balaban J connectivity index is 1.37. The van der Waals surface area contributed by atoms with Gasteiger partial charge in [-0.3, -0.25) is 0 Å². The lowest BCUT2D eigenvalue weighted by atomic mass is 10.2. The van der Waals surface area contributed by atoms with Gasteiger partial charge in [0.25, 0.3) is 0 Å². The molecule has 0 bridgehead atoms. The van der Waals surface area contributed by atoms with E-state index >= 15 is 0 Å². The first-order valence-electron chi connectivity index (χ1n) is 11.1. The molecule has 1 fully saturated rings. The van der Waals surface area contributed by atoms with Crippen molar-refractivity contribution in [1.29, 1.82) is 0 Å².